The number of carbonyl (C=O) groups excluding carboxylic acids is 1. The molecule has 0 saturated heterocycles. The van der Waals surface area contributed by atoms with E-state index in [0.29, 0.717) is 0 Å². The lowest BCUT2D eigenvalue weighted by atomic mass is 9.75. The molecular weight excluding hydrogens is 234 g/mol. The molecule has 0 aromatic heterocycles. The lowest BCUT2D eigenvalue weighted by Gasteiger charge is -2.38. The molecule has 6 nitrogen and oxygen atoms in total. The second kappa shape index (κ2) is 4.68. The average molecular weight is 253 g/mol. The lowest BCUT2D eigenvalue weighted by Crippen LogP contribution is -2.57. The van der Waals surface area contributed by atoms with E-state index in [1.54, 1.807) is 27.7 Å². The minimum absolute atomic E-state index is 0.503. The molecule has 0 saturated carbocycles. The SMILES string of the molecule is COC(=O)C(C)(C)C(C)(C)NS(=O)(=O)OC. The maximum absolute atomic E-state index is 11.6. The van der Waals surface area contributed by atoms with Crippen molar-refractivity contribution in [2.45, 2.75) is 33.2 Å². The molecule has 0 bridgehead atoms. The molecule has 1 N–H and O–H groups in total. The first-order valence-electron chi connectivity index (χ1n) is 4.68. The summed E-state index contributed by atoms with van der Waals surface area (Å²) in [7, 11) is -1.56. The van der Waals surface area contributed by atoms with Gasteiger partial charge in [-0.2, -0.15) is 13.1 Å². The third-order valence-electron chi connectivity index (χ3n) is 2.86. The zero-order chi connectivity index (χ0) is 13.2. The van der Waals surface area contributed by atoms with Crippen LogP contribution in [0.3, 0.4) is 0 Å². The normalized spacial score (nSPS) is 13.6. The van der Waals surface area contributed by atoms with Gasteiger partial charge in [-0.05, 0) is 27.7 Å². The van der Waals surface area contributed by atoms with Gasteiger partial charge in [0.1, 0.15) is 0 Å². The van der Waals surface area contributed by atoms with Crippen molar-refractivity contribution in [1.29, 1.82) is 0 Å². The van der Waals surface area contributed by atoms with E-state index in [9.17, 15) is 13.2 Å². The summed E-state index contributed by atoms with van der Waals surface area (Å²) >= 11 is 0. The maximum Gasteiger partial charge on any atom is 0.336 e. The molecule has 96 valence electrons. The zero-order valence-corrected chi connectivity index (χ0v) is 11.3. The Balaban J connectivity index is 5.13. The summed E-state index contributed by atoms with van der Waals surface area (Å²) < 4.78 is 33.8. The van der Waals surface area contributed by atoms with E-state index < -0.39 is 27.2 Å². The van der Waals surface area contributed by atoms with Crippen molar-refractivity contribution in [3.63, 3.8) is 0 Å². The van der Waals surface area contributed by atoms with Crippen LogP contribution in [0.5, 0.6) is 0 Å². The van der Waals surface area contributed by atoms with Crippen molar-refractivity contribution in [3.05, 3.63) is 0 Å². The van der Waals surface area contributed by atoms with Crippen LogP contribution < -0.4 is 4.72 Å². The van der Waals surface area contributed by atoms with E-state index in [4.69, 9.17) is 0 Å². The van der Waals surface area contributed by atoms with E-state index in [1.807, 2.05) is 0 Å². The van der Waals surface area contributed by atoms with Gasteiger partial charge in [-0.25, -0.2) is 0 Å². The monoisotopic (exact) mass is 253 g/mol. The molecule has 0 rings (SSSR count). The van der Waals surface area contributed by atoms with Crippen molar-refractivity contribution in [1.82, 2.24) is 4.72 Å². The first-order chi connectivity index (χ1) is 7.00. The highest BCUT2D eigenvalue weighted by Crippen LogP contribution is 2.32. The fourth-order valence-corrected chi connectivity index (χ4v) is 1.96. The van der Waals surface area contributed by atoms with E-state index in [2.05, 4.69) is 13.6 Å². The Morgan fingerprint density at radius 1 is 1.12 bits per heavy atom. The number of hydrogen-bond acceptors (Lipinski definition) is 5. The van der Waals surface area contributed by atoms with Crippen LogP contribution in [0.25, 0.3) is 0 Å². The van der Waals surface area contributed by atoms with Crippen LogP contribution >= 0.6 is 0 Å². The summed E-state index contributed by atoms with van der Waals surface area (Å²) in [6.07, 6.45) is 0. The minimum Gasteiger partial charge on any atom is -0.469 e. The van der Waals surface area contributed by atoms with Crippen LogP contribution in [-0.4, -0.2) is 34.1 Å². The standard InChI is InChI=1S/C9H19NO5S/c1-8(2,7(11)14-5)9(3,4)10-16(12,13)15-6/h10H,1-6H3. The van der Waals surface area contributed by atoms with Gasteiger partial charge in [0.05, 0.1) is 19.6 Å². The predicted octanol–water partition coefficient (Wildman–Crippen LogP) is 0.445. The number of esters is 1. The molecule has 0 radical (unpaired) electrons. The molecule has 0 spiro atoms. The Hall–Kier alpha value is -0.660. The topological polar surface area (TPSA) is 81.7 Å². The molecule has 7 heteroatoms. The van der Waals surface area contributed by atoms with Crippen LogP contribution in [0.1, 0.15) is 27.7 Å². The van der Waals surface area contributed by atoms with Crippen molar-refractivity contribution in [3.8, 4) is 0 Å². The summed E-state index contributed by atoms with van der Waals surface area (Å²) in [4.78, 5) is 11.6. The number of nitrogens with one attached hydrogen (secondary N) is 1. The molecule has 0 amide bonds. The predicted molar refractivity (Wildman–Crippen MR) is 58.9 cm³/mol. The molecule has 0 atom stereocenters. The van der Waals surface area contributed by atoms with Crippen LogP contribution in [0, 0.1) is 5.41 Å². The van der Waals surface area contributed by atoms with Crippen LogP contribution in [-0.2, 0) is 24.0 Å². The van der Waals surface area contributed by atoms with Crippen molar-refractivity contribution >= 4 is 16.3 Å². The molecule has 0 aliphatic rings. The molecule has 0 aliphatic carbocycles. The van der Waals surface area contributed by atoms with Crippen molar-refractivity contribution < 1.29 is 22.1 Å². The summed E-state index contributed by atoms with van der Waals surface area (Å²) in [5.74, 6) is -0.503. The minimum atomic E-state index is -3.86. The smallest absolute Gasteiger partial charge is 0.336 e. The van der Waals surface area contributed by atoms with E-state index in [1.165, 1.54) is 7.11 Å². The van der Waals surface area contributed by atoms with Gasteiger partial charge < -0.3 is 4.74 Å². The van der Waals surface area contributed by atoms with E-state index in [0.717, 1.165) is 7.11 Å². The average Bonchev–Trinajstić information content (AvgIpc) is 2.14. The van der Waals surface area contributed by atoms with Crippen LogP contribution in [0.15, 0.2) is 0 Å². The number of rotatable bonds is 5. The zero-order valence-electron chi connectivity index (χ0n) is 10.4. The number of hydrogen-bond donors (Lipinski definition) is 1. The first kappa shape index (κ1) is 15.3. The van der Waals surface area contributed by atoms with Gasteiger partial charge in [-0.15, -0.1) is 0 Å². The Labute approximate surface area is 96.6 Å². The molecule has 0 unspecified atom stereocenters. The third kappa shape index (κ3) is 3.16. The summed E-state index contributed by atoms with van der Waals surface area (Å²) in [6, 6.07) is 0. The number of ether oxygens (including phenoxy) is 1. The van der Waals surface area contributed by atoms with Crippen LogP contribution in [0.2, 0.25) is 0 Å². The van der Waals surface area contributed by atoms with Crippen molar-refractivity contribution in [2.24, 2.45) is 5.41 Å². The second-order valence-electron chi connectivity index (χ2n) is 4.46. The largest absolute Gasteiger partial charge is 0.469 e. The fourth-order valence-electron chi connectivity index (χ4n) is 0.992. The summed E-state index contributed by atoms with van der Waals surface area (Å²) in [6.45, 7) is 6.36. The van der Waals surface area contributed by atoms with Gasteiger partial charge in [-0.3, -0.25) is 8.98 Å². The third-order valence-corrected chi connectivity index (χ3v) is 4.06. The lowest BCUT2D eigenvalue weighted by molar-refractivity contribution is -0.154. The van der Waals surface area contributed by atoms with Gasteiger partial charge in [0.15, 0.2) is 0 Å². The van der Waals surface area contributed by atoms with Crippen LogP contribution in [0.4, 0.5) is 0 Å². The van der Waals surface area contributed by atoms with Gasteiger partial charge >= 0.3 is 16.3 Å². The van der Waals surface area contributed by atoms with Gasteiger partial charge in [0, 0.05) is 5.54 Å². The quantitative estimate of drug-likeness (QED) is 0.719. The van der Waals surface area contributed by atoms with Gasteiger partial charge in [-0.1, -0.05) is 0 Å². The van der Waals surface area contributed by atoms with Gasteiger partial charge in [0.2, 0.25) is 0 Å². The number of carbonyl (C=O) groups is 1. The number of methoxy groups -OCH3 is 1. The van der Waals surface area contributed by atoms with Gasteiger partial charge in [0.25, 0.3) is 0 Å². The Kier molecular flexibility index (Phi) is 4.49. The molecule has 0 heterocycles. The molecule has 16 heavy (non-hydrogen) atoms. The molecule has 0 aromatic rings. The molecule has 0 fully saturated rings. The van der Waals surface area contributed by atoms with E-state index >= 15 is 0 Å². The Morgan fingerprint density at radius 3 is 1.88 bits per heavy atom. The van der Waals surface area contributed by atoms with Crippen molar-refractivity contribution in [2.75, 3.05) is 14.2 Å². The second-order valence-corrected chi connectivity index (χ2v) is 5.91. The highest BCUT2D eigenvalue weighted by Gasteiger charge is 2.46. The first-order valence-corrected chi connectivity index (χ1v) is 6.09. The maximum atomic E-state index is 11.6. The summed E-state index contributed by atoms with van der Waals surface area (Å²) in [5.41, 5.74) is -2.05. The molecule has 0 aromatic carbocycles. The Bertz CT molecular complexity index is 358. The van der Waals surface area contributed by atoms with E-state index in [-0.39, 0.29) is 0 Å². The molecular formula is C9H19NO5S. The fraction of sp³-hybridized carbons (Fsp3) is 0.889. The Morgan fingerprint density at radius 2 is 1.56 bits per heavy atom. The summed E-state index contributed by atoms with van der Waals surface area (Å²) in [5, 5.41) is 0. The highest BCUT2D eigenvalue weighted by molar-refractivity contribution is 7.84. The molecule has 0 aliphatic heterocycles. The highest BCUT2D eigenvalue weighted by atomic mass is 32.2.